The minimum atomic E-state index is 0.595. The van der Waals surface area contributed by atoms with Crippen LogP contribution in [-0.4, -0.2) is 6.54 Å². The second-order valence-electron chi connectivity index (χ2n) is 5.49. The second kappa shape index (κ2) is 7.14. The molecule has 0 aliphatic rings. The zero-order valence-corrected chi connectivity index (χ0v) is 12.8. The summed E-state index contributed by atoms with van der Waals surface area (Å²) in [7, 11) is 0. The number of nitrogens with one attached hydrogen (secondary N) is 1. The SMILES string of the molecule is CCc1cccc(C)c1NCCC(C)c1ccccc1. The van der Waals surface area contributed by atoms with E-state index in [9.17, 15) is 0 Å². The first-order valence-electron chi connectivity index (χ1n) is 7.59. The first kappa shape index (κ1) is 14.6. The molecule has 0 saturated carbocycles. The Hall–Kier alpha value is -1.76. The Labute approximate surface area is 123 Å². The van der Waals surface area contributed by atoms with Gasteiger partial charge >= 0.3 is 0 Å². The highest BCUT2D eigenvalue weighted by Crippen LogP contribution is 2.23. The monoisotopic (exact) mass is 267 g/mol. The van der Waals surface area contributed by atoms with Gasteiger partial charge in [-0.05, 0) is 42.4 Å². The van der Waals surface area contributed by atoms with Gasteiger partial charge in [0, 0.05) is 12.2 Å². The first-order chi connectivity index (χ1) is 9.72. The van der Waals surface area contributed by atoms with Crippen LogP contribution >= 0.6 is 0 Å². The number of aryl methyl sites for hydroxylation is 2. The fraction of sp³-hybridized carbons (Fsp3) is 0.368. The van der Waals surface area contributed by atoms with Gasteiger partial charge in [-0.15, -0.1) is 0 Å². The van der Waals surface area contributed by atoms with Crippen LogP contribution in [0.15, 0.2) is 48.5 Å². The molecular weight excluding hydrogens is 242 g/mol. The molecule has 0 fully saturated rings. The van der Waals surface area contributed by atoms with E-state index in [4.69, 9.17) is 0 Å². The maximum Gasteiger partial charge on any atom is 0.0402 e. The van der Waals surface area contributed by atoms with E-state index in [1.54, 1.807) is 0 Å². The van der Waals surface area contributed by atoms with Crippen LogP contribution in [0.3, 0.4) is 0 Å². The van der Waals surface area contributed by atoms with Crippen LogP contribution in [-0.2, 0) is 6.42 Å². The van der Waals surface area contributed by atoms with Crippen molar-refractivity contribution in [3.05, 3.63) is 65.2 Å². The highest BCUT2D eigenvalue weighted by molar-refractivity contribution is 5.57. The van der Waals surface area contributed by atoms with Gasteiger partial charge in [-0.3, -0.25) is 0 Å². The third kappa shape index (κ3) is 3.63. The number of rotatable bonds is 6. The smallest absolute Gasteiger partial charge is 0.0402 e. The van der Waals surface area contributed by atoms with Crippen LogP contribution in [0.4, 0.5) is 5.69 Å². The summed E-state index contributed by atoms with van der Waals surface area (Å²) in [6.07, 6.45) is 2.24. The van der Waals surface area contributed by atoms with Crippen LogP contribution in [0.1, 0.15) is 42.9 Å². The molecule has 1 N–H and O–H groups in total. The Morgan fingerprint density at radius 1 is 1.00 bits per heavy atom. The summed E-state index contributed by atoms with van der Waals surface area (Å²) in [6.45, 7) is 7.72. The number of benzene rings is 2. The number of hydrogen-bond acceptors (Lipinski definition) is 1. The van der Waals surface area contributed by atoms with Crippen LogP contribution in [0.25, 0.3) is 0 Å². The Morgan fingerprint density at radius 2 is 1.75 bits per heavy atom. The van der Waals surface area contributed by atoms with E-state index in [0.29, 0.717) is 5.92 Å². The minimum Gasteiger partial charge on any atom is -0.385 e. The molecule has 20 heavy (non-hydrogen) atoms. The molecule has 1 nitrogen and oxygen atoms in total. The molecule has 1 heteroatoms. The van der Waals surface area contributed by atoms with Gasteiger partial charge in [-0.25, -0.2) is 0 Å². The quantitative estimate of drug-likeness (QED) is 0.762. The maximum absolute atomic E-state index is 3.63. The molecule has 0 aromatic heterocycles. The first-order valence-corrected chi connectivity index (χ1v) is 7.59. The van der Waals surface area contributed by atoms with Crippen molar-refractivity contribution in [2.45, 2.75) is 39.5 Å². The fourth-order valence-electron chi connectivity index (χ4n) is 2.64. The third-order valence-corrected chi connectivity index (χ3v) is 3.99. The number of anilines is 1. The van der Waals surface area contributed by atoms with Crippen molar-refractivity contribution in [2.24, 2.45) is 0 Å². The van der Waals surface area contributed by atoms with E-state index in [-0.39, 0.29) is 0 Å². The average molecular weight is 267 g/mol. The summed E-state index contributed by atoms with van der Waals surface area (Å²) < 4.78 is 0. The molecule has 0 bridgehead atoms. The van der Waals surface area contributed by atoms with E-state index in [0.717, 1.165) is 19.4 Å². The largest absolute Gasteiger partial charge is 0.385 e. The predicted molar refractivity (Wildman–Crippen MR) is 88.5 cm³/mol. The zero-order chi connectivity index (χ0) is 14.4. The maximum atomic E-state index is 3.63. The standard InChI is InChI=1S/C19H25N/c1-4-17-12-8-9-16(3)19(17)20-14-13-15(2)18-10-6-5-7-11-18/h5-12,15,20H,4,13-14H2,1-3H3. The fourth-order valence-corrected chi connectivity index (χ4v) is 2.64. The van der Waals surface area contributed by atoms with Gasteiger partial charge in [0.2, 0.25) is 0 Å². The molecule has 2 rings (SSSR count). The summed E-state index contributed by atoms with van der Waals surface area (Å²) >= 11 is 0. The minimum absolute atomic E-state index is 0.595. The molecule has 0 aliphatic carbocycles. The Morgan fingerprint density at radius 3 is 2.45 bits per heavy atom. The van der Waals surface area contributed by atoms with E-state index >= 15 is 0 Å². The van der Waals surface area contributed by atoms with Crippen molar-refractivity contribution in [1.29, 1.82) is 0 Å². The van der Waals surface area contributed by atoms with E-state index in [1.165, 1.54) is 22.4 Å². The van der Waals surface area contributed by atoms with Gasteiger partial charge in [0.05, 0.1) is 0 Å². The van der Waals surface area contributed by atoms with E-state index in [1.807, 2.05) is 0 Å². The summed E-state index contributed by atoms with van der Waals surface area (Å²) in [6, 6.07) is 17.3. The molecule has 0 radical (unpaired) electrons. The van der Waals surface area contributed by atoms with Crippen molar-refractivity contribution in [1.82, 2.24) is 0 Å². The summed E-state index contributed by atoms with van der Waals surface area (Å²) in [5.74, 6) is 0.595. The lowest BCUT2D eigenvalue weighted by Gasteiger charge is -2.16. The molecular formula is C19H25N. The molecule has 2 aromatic carbocycles. The number of hydrogen-bond donors (Lipinski definition) is 1. The van der Waals surface area contributed by atoms with Gasteiger partial charge in [0.25, 0.3) is 0 Å². The van der Waals surface area contributed by atoms with Gasteiger partial charge in [0.1, 0.15) is 0 Å². The molecule has 2 aromatic rings. The molecule has 106 valence electrons. The van der Waals surface area contributed by atoms with Crippen molar-refractivity contribution in [3.63, 3.8) is 0 Å². The van der Waals surface area contributed by atoms with Gasteiger partial charge < -0.3 is 5.32 Å². The second-order valence-corrected chi connectivity index (χ2v) is 5.49. The summed E-state index contributed by atoms with van der Waals surface area (Å²) in [4.78, 5) is 0. The molecule has 1 atom stereocenters. The molecule has 0 spiro atoms. The summed E-state index contributed by atoms with van der Waals surface area (Å²) in [5, 5.41) is 3.63. The van der Waals surface area contributed by atoms with Crippen molar-refractivity contribution in [2.75, 3.05) is 11.9 Å². The van der Waals surface area contributed by atoms with Crippen molar-refractivity contribution in [3.8, 4) is 0 Å². The molecule has 0 heterocycles. The van der Waals surface area contributed by atoms with E-state index in [2.05, 4.69) is 74.6 Å². The molecule has 0 saturated heterocycles. The summed E-state index contributed by atoms with van der Waals surface area (Å²) in [5.41, 5.74) is 5.51. The lowest BCUT2D eigenvalue weighted by atomic mass is 9.97. The average Bonchev–Trinajstić information content (AvgIpc) is 2.49. The lowest BCUT2D eigenvalue weighted by Crippen LogP contribution is -2.08. The Balaban J connectivity index is 1.93. The Kier molecular flexibility index (Phi) is 5.23. The lowest BCUT2D eigenvalue weighted by molar-refractivity contribution is 0.705. The van der Waals surface area contributed by atoms with Gasteiger partial charge in [-0.1, -0.05) is 62.4 Å². The van der Waals surface area contributed by atoms with Crippen LogP contribution in [0.5, 0.6) is 0 Å². The highest BCUT2D eigenvalue weighted by Gasteiger charge is 2.06. The molecule has 0 aliphatic heterocycles. The van der Waals surface area contributed by atoms with Crippen molar-refractivity contribution < 1.29 is 0 Å². The molecule has 0 amide bonds. The van der Waals surface area contributed by atoms with E-state index < -0.39 is 0 Å². The highest BCUT2D eigenvalue weighted by atomic mass is 14.9. The van der Waals surface area contributed by atoms with Gasteiger partial charge in [-0.2, -0.15) is 0 Å². The Bertz CT molecular complexity index is 531. The topological polar surface area (TPSA) is 12.0 Å². The van der Waals surface area contributed by atoms with Gasteiger partial charge in [0.15, 0.2) is 0 Å². The van der Waals surface area contributed by atoms with Crippen LogP contribution < -0.4 is 5.32 Å². The normalized spacial score (nSPS) is 12.2. The third-order valence-electron chi connectivity index (χ3n) is 3.99. The number of para-hydroxylation sites is 1. The molecule has 1 unspecified atom stereocenters. The predicted octanol–water partition coefficient (Wildman–Crippen LogP) is 5.16. The van der Waals surface area contributed by atoms with Crippen molar-refractivity contribution >= 4 is 5.69 Å². The van der Waals surface area contributed by atoms with Crippen LogP contribution in [0, 0.1) is 6.92 Å². The zero-order valence-electron chi connectivity index (χ0n) is 12.8. The van der Waals surface area contributed by atoms with Crippen LogP contribution in [0.2, 0.25) is 0 Å².